The van der Waals surface area contributed by atoms with Gasteiger partial charge in [-0.1, -0.05) is 30.3 Å². The number of amides is 1. The van der Waals surface area contributed by atoms with E-state index in [0.717, 1.165) is 29.1 Å². The summed E-state index contributed by atoms with van der Waals surface area (Å²) in [6.45, 7) is 3.50. The zero-order valence-corrected chi connectivity index (χ0v) is 17.9. The van der Waals surface area contributed by atoms with Crippen LogP contribution >= 0.6 is 11.3 Å². The largest absolute Gasteiger partial charge is 0.337 e. The quantitative estimate of drug-likeness (QED) is 0.649. The maximum absolute atomic E-state index is 13.0. The zero-order chi connectivity index (χ0) is 20.4. The van der Waals surface area contributed by atoms with Gasteiger partial charge in [0.1, 0.15) is 5.69 Å². The normalized spacial score (nSPS) is 17.7. The van der Waals surface area contributed by atoms with Gasteiger partial charge in [0.15, 0.2) is 4.96 Å². The number of carbonyl (C=O) groups is 1. The third kappa shape index (κ3) is 4.68. The standard InChI is InChI=1S/C20H24N4O3S2/c1-15-11-24-18(13-28-20(24)22-15)19(25)23-9-5-8-17(12-23)10-21-29(26,27)14-16-6-3-2-4-7-16/h2-4,6-7,11,13,17,21H,5,8-10,12,14H2,1H3/t17-/m1/s1. The fraction of sp³-hybridized carbons (Fsp3) is 0.400. The molecule has 154 valence electrons. The maximum atomic E-state index is 13.0. The van der Waals surface area contributed by atoms with E-state index in [1.807, 2.05) is 46.0 Å². The van der Waals surface area contributed by atoms with Crippen LogP contribution in [-0.2, 0) is 15.8 Å². The Bertz CT molecular complexity index is 1110. The van der Waals surface area contributed by atoms with Crippen molar-refractivity contribution >= 4 is 32.2 Å². The highest BCUT2D eigenvalue weighted by Crippen LogP contribution is 2.22. The Hall–Kier alpha value is -2.23. The molecule has 0 spiro atoms. The number of imidazole rings is 1. The number of fused-ring (bicyclic) bond motifs is 1. The van der Waals surface area contributed by atoms with Crippen LogP contribution in [0.25, 0.3) is 4.96 Å². The Morgan fingerprint density at radius 2 is 2.10 bits per heavy atom. The number of nitrogens with one attached hydrogen (secondary N) is 1. The van der Waals surface area contributed by atoms with Crippen molar-refractivity contribution in [2.75, 3.05) is 19.6 Å². The van der Waals surface area contributed by atoms with Crippen LogP contribution in [0, 0.1) is 12.8 Å². The third-order valence-electron chi connectivity index (χ3n) is 5.15. The van der Waals surface area contributed by atoms with Crippen LogP contribution in [0.15, 0.2) is 41.9 Å². The number of carbonyl (C=O) groups excluding carboxylic acids is 1. The van der Waals surface area contributed by atoms with Gasteiger partial charge < -0.3 is 4.90 Å². The molecule has 0 saturated carbocycles. The first-order valence-corrected chi connectivity index (χ1v) is 12.2. The van der Waals surface area contributed by atoms with Gasteiger partial charge in [-0.3, -0.25) is 9.20 Å². The van der Waals surface area contributed by atoms with Crippen LogP contribution in [0.3, 0.4) is 0 Å². The molecule has 29 heavy (non-hydrogen) atoms. The van der Waals surface area contributed by atoms with Gasteiger partial charge >= 0.3 is 0 Å². The summed E-state index contributed by atoms with van der Waals surface area (Å²) < 4.78 is 29.4. The highest BCUT2D eigenvalue weighted by atomic mass is 32.2. The van der Waals surface area contributed by atoms with Gasteiger partial charge in [-0.15, -0.1) is 11.3 Å². The van der Waals surface area contributed by atoms with E-state index in [4.69, 9.17) is 0 Å². The number of thiazole rings is 1. The molecule has 0 bridgehead atoms. The molecule has 0 aliphatic carbocycles. The molecule has 3 heterocycles. The molecule has 4 rings (SSSR count). The molecule has 1 amide bonds. The molecule has 0 unspecified atom stereocenters. The Morgan fingerprint density at radius 3 is 2.90 bits per heavy atom. The molecule has 1 aliphatic rings. The van der Waals surface area contributed by atoms with Crippen LogP contribution in [0.1, 0.15) is 34.6 Å². The number of nitrogens with zero attached hydrogens (tertiary/aromatic N) is 3. The molecule has 1 fully saturated rings. The van der Waals surface area contributed by atoms with E-state index < -0.39 is 10.0 Å². The number of likely N-dealkylation sites (tertiary alicyclic amines) is 1. The molecular weight excluding hydrogens is 408 g/mol. The highest BCUT2D eigenvalue weighted by Gasteiger charge is 2.27. The van der Waals surface area contributed by atoms with Crippen molar-refractivity contribution in [2.24, 2.45) is 5.92 Å². The minimum atomic E-state index is -3.41. The predicted molar refractivity (Wildman–Crippen MR) is 114 cm³/mol. The van der Waals surface area contributed by atoms with Gasteiger partial charge in [-0.2, -0.15) is 0 Å². The van der Waals surface area contributed by atoms with Gasteiger partial charge in [0, 0.05) is 31.2 Å². The van der Waals surface area contributed by atoms with Crippen LogP contribution in [0.2, 0.25) is 0 Å². The lowest BCUT2D eigenvalue weighted by atomic mass is 9.98. The average molecular weight is 433 g/mol. The number of piperidine rings is 1. The van der Waals surface area contributed by atoms with Crippen LogP contribution in [0.5, 0.6) is 0 Å². The van der Waals surface area contributed by atoms with Gasteiger partial charge in [-0.05, 0) is 31.2 Å². The minimum Gasteiger partial charge on any atom is -0.337 e. The summed E-state index contributed by atoms with van der Waals surface area (Å²) in [5.74, 6) is 0.0539. The van der Waals surface area contributed by atoms with Crippen molar-refractivity contribution < 1.29 is 13.2 Å². The van der Waals surface area contributed by atoms with Crippen molar-refractivity contribution in [1.82, 2.24) is 19.0 Å². The van der Waals surface area contributed by atoms with E-state index in [1.54, 1.807) is 12.1 Å². The summed E-state index contributed by atoms with van der Waals surface area (Å²) in [6.07, 6.45) is 3.64. The number of hydrogen-bond acceptors (Lipinski definition) is 5. The van der Waals surface area contributed by atoms with E-state index in [-0.39, 0.29) is 17.6 Å². The number of sulfonamides is 1. The van der Waals surface area contributed by atoms with Crippen molar-refractivity contribution in [1.29, 1.82) is 0 Å². The van der Waals surface area contributed by atoms with Crippen molar-refractivity contribution in [2.45, 2.75) is 25.5 Å². The highest BCUT2D eigenvalue weighted by molar-refractivity contribution is 7.88. The van der Waals surface area contributed by atoms with Gasteiger partial charge in [0.2, 0.25) is 10.0 Å². The molecule has 7 nitrogen and oxygen atoms in total. The van der Waals surface area contributed by atoms with E-state index in [2.05, 4.69) is 9.71 Å². The fourth-order valence-electron chi connectivity index (χ4n) is 3.72. The summed E-state index contributed by atoms with van der Waals surface area (Å²) in [4.78, 5) is 20.1. The Kier molecular flexibility index (Phi) is 5.71. The predicted octanol–water partition coefficient (Wildman–Crippen LogP) is 2.68. The Balaban J connectivity index is 1.37. The number of aromatic nitrogens is 2. The van der Waals surface area contributed by atoms with E-state index in [0.29, 0.717) is 25.3 Å². The van der Waals surface area contributed by atoms with Gasteiger partial charge in [0.05, 0.1) is 11.4 Å². The van der Waals surface area contributed by atoms with Crippen LogP contribution in [-0.4, -0.2) is 48.2 Å². The number of aryl methyl sites for hydroxylation is 1. The first-order chi connectivity index (χ1) is 13.9. The smallest absolute Gasteiger partial charge is 0.271 e. The van der Waals surface area contributed by atoms with Crippen molar-refractivity contribution in [3.63, 3.8) is 0 Å². The molecular formula is C20H24N4O3S2. The number of rotatable bonds is 6. The second-order valence-electron chi connectivity index (χ2n) is 7.51. The number of hydrogen-bond donors (Lipinski definition) is 1. The summed E-state index contributed by atoms with van der Waals surface area (Å²) >= 11 is 1.46. The topological polar surface area (TPSA) is 83.8 Å². The lowest BCUT2D eigenvalue weighted by Gasteiger charge is -2.32. The first-order valence-electron chi connectivity index (χ1n) is 9.65. The lowest BCUT2D eigenvalue weighted by molar-refractivity contribution is 0.0669. The Morgan fingerprint density at radius 1 is 1.31 bits per heavy atom. The van der Waals surface area contributed by atoms with Gasteiger partial charge in [0.25, 0.3) is 5.91 Å². The molecule has 3 aromatic rings. The molecule has 1 atom stereocenters. The second-order valence-corrected chi connectivity index (χ2v) is 10.2. The zero-order valence-electron chi connectivity index (χ0n) is 16.2. The summed E-state index contributed by atoms with van der Waals surface area (Å²) in [7, 11) is -3.41. The molecule has 1 aliphatic heterocycles. The van der Waals surface area contributed by atoms with E-state index in [1.165, 1.54) is 11.3 Å². The van der Waals surface area contributed by atoms with Crippen LogP contribution in [0.4, 0.5) is 0 Å². The van der Waals surface area contributed by atoms with E-state index in [9.17, 15) is 13.2 Å². The van der Waals surface area contributed by atoms with E-state index >= 15 is 0 Å². The summed E-state index contributed by atoms with van der Waals surface area (Å²) in [5.41, 5.74) is 2.27. The molecule has 0 radical (unpaired) electrons. The van der Waals surface area contributed by atoms with Crippen molar-refractivity contribution in [3.8, 4) is 0 Å². The average Bonchev–Trinajstić information content (AvgIpc) is 3.25. The second kappa shape index (κ2) is 8.25. The maximum Gasteiger partial charge on any atom is 0.271 e. The molecule has 9 heteroatoms. The van der Waals surface area contributed by atoms with Crippen molar-refractivity contribution in [3.05, 3.63) is 58.9 Å². The first kappa shape index (κ1) is 20.1. The molecule has 1 aromatic carbocycles. The lowest BCUT2D eigenvalue weighted by Crippen LogP contribution is -2.44. The van der Waals surface area contributed by atoms with Gasteiger partial charge in [-0.25, -0.2) is 18.1 Å². The number of benzene rings is 1. The summed E-state index contributed by atoms with van der Waals surface area (Å²) in [5, 5.41) is 1.84. The molecule has 2 aromatic heterocycles. The SMILES string of the molecule is Cc1cn2c(C(=O)N3CCC[C@H](CNS(=O)(=O)Cc4ccccc4)C3)csc2n1. The third-order valence-corrected chi connectivity index (χ3v) is 7.31. The monoisotopic (exact) mass is 432 g/mol. The fourth-order valence-corrected chi connectivity index (χ4v) is 5.83. The Labute approximate surface area is 174 Å². The molecule has 1 saturated heterocycles. The summed E-state index contributed by atoms with van der Waals surface area (Å²) in [6, 6.07) is 9.14. The van der Waals surface area contributed by atoms with Crippen LogP contribution < -0.4 is 4.72 Å². The molecule has 1 N–H and O–H groups in total. The minimum absolute atomic E-state index is 0.0227.